The van der Waals surface area contributed by atoms with E-state index < -0.39 is 15.9 Å². The Morgan fingerprint density at radius 2 is 1.75 bits per heavy atom. The molecule has 28 heavy (non-hydrogen) atoms. The molecule has 0 aliphatic rings. The highest BCUT2D eigenvalue weighted by Gasteiger charge is 2.22. The Balaban J connectivity index is 1.74. The molecule has 0 fully saturated rings. The van der Waals surface area contributed by atoms with Crippen LogP contribution in [0.15, 0.2) is 78.0 Å². The largest absolute Gasteiger partial charge is 0.352 e. The Morgan fingerprint density at radius 3 is 2.50 bits per heavy atom. The van der Waals surface area contributed by atoms with E-state index in [4.69, 9.17) is 0 Å². The molecule has 6 nitrogen and oxygen atoms in total. The van der Waals surface area contributed by atoms with Gasteiger partial charge in [0.2, 0.25) is 0 Å². The second-order valence-electron chi connectivity index (χ2n) is 5.94. The number of anilines is 1. The molecule has 2 aromatic carbocycles. The first kappa shape index (κ1) is 19.5. The minimum Gasteiger partial charge on any atom is -0.352 e. The number of nitrogens with one attached hydrogen (secondary N) is 2. The van der Waals surface area contributed by atoms with Crippen LogP contribution in [-0.2, 0) is 16.4 Å². The molecule has 1 heterocycles. The van der Waals surface area contributed by atoms with E-state index in [2.05, 4.69) is 15.0 Å². The second-order valence-corrected chi connectivity index (χ2v) is 7.59. The minimum absolute atomic E-state index is 0.00687. The van der Waals surface area contributed by atoms with Gasteiger partial charge >= 0.3 is 0 Å². The number of rotatable bonds is 7. The molecule has 0 aliphatic heterocycles. The van der Waals surface area contributed by atoms with E-state index >= 15 is 0 Å². The molecule has 144 valence electrons. The molecule has 8 heteroatoms. The van der Waals surface area contributed by atoms with E-state index in [0.717, 1.165) is 0 Å². The summed E-state index contributed by atoms with van der Waals surface area (Å²) < 4.78 is 41.5. The van der Waals surface area contributed by atoms with Crippen LogP contribution in [0.3, 0.4) is 0 Å². The van der Waals surface area contributed by atoms with Gasteiger partial charge in [0.05, 0.1) is 17.4 Å². The molecule has 0 radical (unpaired) electrons. The molecule has 0 saturated heterocycles. The number of pyridine rings is 1. The fraction of sp³-hybridized carbons (Fsp3) is 0.100. The highest BCUT2D eigenvalue weighted by atomic mass is 32.2. The maximum Gasteiger partial charge on any atom is 0.262 e. The number of hydrogen-bond acceptors (Lipinski definition) is 4. The molecule has 3 aromatic rings. The number of nitrogens with zero attached hydrogens (tertiary/aromatic N) is 1. The van der Waals surface area contributed by atoms with Crippen molar-refractivity contribution in [2.45, 2.75) is 11.3 Å². The van der Waals surface area contributed by atoms with Gasteiger partial charge in [0.1, 0.15) is 10.7 Å². The number of carbonyl (C=O) groups is 1. The molecular weight excluding hydrogens is 381 g/mol. The zero-order chi connectivity index (χ0) is 20.0. The van der Waals surface area contributed by atoms with Crippen LogP contribution in [0.1, 0.15) is 15.9 Å². The fourth-order valence-electron chi connectivity index (χ4n) is 2.63. The molecule has 0 atom stereocenters. The van der Waals surface area contributed by atoms with E-state index in [1.54, 1.807) is 36.4 Å². The first-order chi connectivity index (χ1) is 13.5. The van der Waals surface area contributed by atoms with Crippen LogP contribution in [0.25, 0.3) is 0 Å². The zero-order valence-corrected chi connectivity index (χ0v) is 15.6. The van der Waals surface area contributed by atoms with Crippen LogP contribution < -0.4 is 10.0 Å². The lowest BCUT2D eigenvalue weighted by atomic mass is 10.1. The van der Waals surface area contributed by atoms with Gasteiger partial charge < -0.3 is 5.32 Å². The number of hydrogen-bond donors (Lipinski definition) is 2. The third-order valence-electron chi connectivity index (χ3n) is 3.97. The number of aromatic nitrogens is 1. The predicted octanol–water partition coefficient (Wildman–Crippen LogP) is 2.99. The second kappa shape index (κ2) is 8.62. The van der Waals surface area contributed by atoms with Crippen LogP contribution in [0, 0.1) is 5.82 Å². The average Bonchev–Trinajstić information content (AvgIpc) is 2.70. The van der Waals surface area contributed by atoms with Crippen LogP contribution in [0.2, 0.25) is 0 Å². The zero-order valence-electron chi connectivity index (χ0n) is 14.8. The maximum atomic E-state index is 13.7. The van der Waals surface area contributed by atoms with Gasteiger partial charge in [-0.05, 0) is 42.3 Å². The van der Waals surface area contributed by atoms with Gasteiger partial charge in [-0.25, -0.2) is 12.8 Å². The number of halogens is 1. The molecule has 0 aliphatic carbocycles. The first-order valence-electron chi connectivity index (χ1n) is 8.51. The summed E-state index contributed by atoms with van der Waals surface area (Å²) in [5.41, 5.74) is 0.770. The molecule has 3 rings (SSSR count). The van der Waals surface area contributed by atoms with E-state index in [9.17, 15) is 17.6 Å². The van der Waals surface area contributed by atoms with Crippen molar-refractivity contribution in [3.05, 3.63) is 90.0 Å². The Kier molecular flexibility index (Phi) is 6.00. The number of benzene rings is 2. The summed E-state index contributed by atoms with van der Waals surface area (Å²) in [5.74, 6) is -0.899. The van der Waals surface area contributed by atoms with Crippen molar-refractivity contribution in [2.75, 3.05) is 11.3 Å². The summed E-state index contributed by atoms with van der Waals surface area (Å²) >= 11 is 0. The summed E-state index contributed by atoms with van der Waals surface area (Å²) in [7, 11) is -3.98. The Bertz CT molecular complexity index is 1070. The minimum atomic E-state index is -3.98. The highest BCUT2D eigenvalue weighted by Crippen LogP contribution is 2.19. The van der Waals surface area contributed by atoms with Crippen molar-refractivity contribution < 1.29 is 17.6 Å². The van der Waals surface area contributed by atoms with Crippen molar-refractivity contribution in [1.29, 1.82) is 0 Å². The SMILES string of the molecule is O=C(NCCc1ccccc1F)c1ccccc1S(=O)(=O)Nc1cccnc1. The van der Waals surface area contributed by atoms with Crippen molar-refractivity contribution in [3.63, 3.8) is 0 Å². The number of carbonyl (C=O) groups excluding carboxylic acids is 1. The third kappa shape index (κ3) is 4.72. The van der Waals surface area contributed by atoms with Gasteiger partial charge in [0.15, 0.2) is 0 Å². The van der Waals surface area contributed by atoms with Crippen LogP contribution in [-0.4, -0.2) is 25.9 Å². The standard InChI is InChI=1S/C20H18FN3O3S/c21-18-9-3-1-6-15(18)11-13-23-20(25)17-8-2-4-10-19(17)28(26,27)24-16-7-5-12-22-14-16/h1-10,12,14,24H,11,13H2,(H,23,25). The Morgan fingerprint density at radius 1 is 1.00 bits per heavy atom. The molecule has 1 amide bonds. The van der Waals surface area contributed by atoms with Crippen LogP contribution >= 0.6 is 0 Å². The van der Waals surface area contributed by atoms with Crippen LogP contribution in [0.5, 0.6) is 0 Å². The molecule has 0 unspecified atom stereocenters. The first-order valence-corrected chi connectivity index (χ1v) is 9.99. The van der Waals surface area contributed by atoms with E-state index in [-0.39, 0.29) is 28.5 Å². The lowest BCUT2D eigenvalue weighted by Crippen LogP contribution is -2.28. The van der Waals surface area contributed by atoms with Gasteiger partial charge in [0.25, 0.3) is 15.9 Å². The molecule has 2 N–H and O–H groups in total. The summed E-state index contributed by atoms with van der Waals surface area (Å²) in [6.45, 7) is 0.171. The van der Waals surface area contributed by atoms with Crippen LogP contribution in [0.4, 0.5) is 10.1 Å². The normalized spacial score (nSPS) is 11.0. The fourth-order valence-corrected chi connectivity index (χ4v) is 3.88. The molecule has 1 aromatic heterocycles. The maximum absolute atomic E-state index is 13.7. The molecule has 0 bridgehead atoms. The van der Waals surface area contributed by atoms with E-state index in [0.29, 0.717) is 12.0 Å². The summed E-state index contributed by atoms with van der Waals surface area (Å²) in [4.78, 5) is 16.2. The average molecular weight is 399 g/mol. The number of amides is 1. The summed E-state index contributed by atoms with van der Waals surface area (Å²) in [6.07, 6.45) is 3.19. The van der Waals surface area contributed by atoms with Gasteiger partial charge in [-0.1, -0.05) is 30.3 Å². The van der Waals surface area contributed by atoms with E-state index in [1.165, 1.54) is 36.7 Å². The topological polar surface area (TPSA) is 88.2 Å². The molecular formula is C20H18FN3O3S. The quantitative estimate of drug-likeness (QED) is 0.639. The highest BCUT2D eigenvalue weighted by molar-refractivity contribution is 7.92. The van der Waals surface area contributed by atoms with Gasteiger partial charge in [-0.3, -0.25) is 14.5 Å². The van der Waals surface area contributed by atoms with Crippen molar-refractivity contribution >= 4 is 21.6 Å². The summed E-state index contributed by atoms with van der Waals surface area (Å²) in [6, 6.07) is 15.3. The molecule has 0 spiro atoms. The number of sulfonamides is 1. The lowest BCUT2D eigenvalue weighted by Gasteiger charge is -2.12. The predicted molar refractivity (Wildman–Crippen MR) is 104 cm³/mol. The lowest BCUT2D eigenvalue weighted by molar-refractivity contribution is 0.0950. The summed E-state index contributed by atoms with van der Waals surface area (Å²) in [5, 5.41) is 2.64. The van der Waals surface area contributed by atoms with E-state index in [1.807, 2.05) is 0 Å². The third-order valence-corrected chi connectivity index (χ3v) is 5.41. The van der Waals surface area contributed by atoms with Crippen molar-refractivity contribution in [2.24, 2.45) is 0 Å². The molecule has 0 saturated carbocycles. The monoisotopic (exact) mass is 399 g/mol. The van der Waals surface area contributed by atoms with Crippen molar-refractivity contribution in [3.8, 4) is 0 Å². The Labute approximate surface area is 162 Å². The Hall–Kier alpha value is -3.26. The van der Waals surface area contributed by atoms with Crippen molar-refractivity contribution in [1.82, 2.24) is 10.3 Å². The van der Waals surface area contributed by atoms with Gasteiger partial charge in [-0.2, -0.15) is 0 Å². The smallest absolute Gasteiger partial charge is 0.262 e. The van der Waals surface area contributed by atoms with Gasteiger partial charge in [-0.15, -0.1) is 0 Å². The van der Waals surface area contributed by atoms with Gasteiger partial charge in [0, 0.05) is 12.7 Å².